The van der Waals surface area contributed by atoms with E-state index in [2.05, 4.69) is 6.58 Å². The van der Waals surface area contributed by atoms with E-state index in [-0.39, 0.29) is 5.91 Å². The van der Waals surface area contributed by atoms with Crippen LogP contribution in [0.3, 0.4) is 0 Å². The van der Waals surface area contributed by atoms with Crippen molar-refractivity contribution in [3.8, 4) is 0 Å². The number of likely N-dealkylation sites (N-methyl/N-ethyl adjacent to an activating group) is 1. The standard InChI is InChI=1S/C11H19NO4/c1-5-6-7-16-9(3)10(13)12(4)8(2)11(14)15/h5,8-9H,1,6-7H2,2-4H3,(H,14,15). The Morgan fingerprint density at radius 2 is 2.06 bits per heavy atom. The first kappa shape index (κ1) is 14.6. The number of aliphatic carboxylic acids is 1. The van der Waals surface area contributed by atoms with Crippen LogP contribution in [0.1, 0.15) is 20.3 Å². The molecule has 0 aliphatic carbocycles. The third-order valence-electron chi connectivity index (χ3n) is 2.32. The number of hydrogen-bond acceptors (Lipinski definition) is 3. The highest BCUT2D eigenvalue weighted by atomic mass is 16.5. The van der Waals surface area contributed by atoms with Gasteiger partial charge < -0.3 is 14.7 Å². The van der Waals surface area contributed by atoms with Crippen molar-refractivity contribution in [2.75, 3.05) is 13.7 Å². The van der Waals surface area contributed by atoms with Crippen LogP contribution >= 0.6 is 0 Å². The second-order valence-corrected chi connectivity index (χ2v) is 3.55. The number of ether oxygens (including phenoxy) is 1. The summed E-state index contributed by atoms with van der Waals surface area (Å²) in [4.78, 5) is 23.5. The van der Waals surface area contributed by atoms with Crippen molar-refractivity contribution in [2.24, 2.45) is 0 Å². The van der Waals surface area contributed by atoms with Gasteiger partial charge in [-0.1, -0.05) is 6.08 Å². The number of hydrogen-bond donors (Lipinski definition) is 1. The van der Waals surface area contributed by atoms with E-state index in [9.17, 15) is 9.59 Å². The highest BCUT2D eigenvalue weighted by Gasteiger charge is 2.25. The Morgan fingerprint density at radius 3 is 2.50 bits per heavy atom. The number of carbonyl (C=O) groups excluding carboxylic acids is 1. The van der Waals surface area contributed by atoms with Gasteiger partial charge in [0.05, 0.1) is 6.61 Å². The number of nitrogens with zero attached hydrogens (tertiary/aromatic N) is 1. The summed E-state index contributed by atoms with van der Waals surface area (Å²) >= 11 is 0. The summed E-state index contributed by atoms with van der Waals surface area (Å²) in [6.07, 6.45) is 1.73. The molecule has 0 radical (unpaired) electrons. The summed E-state index contributed by atoms with van der Waals surface area (Å²) in [5, 5.41) is 8.75. The molecule has 0 bridgehead atoms. The summed E-state index contributed by atoms with van der Waals surface area (Å²) in [5.41, 5.74) is 0. The second kappa shape index (κ2) is 7.00. The van der Waals surface area contributed by atoms with Crippen LogP contribution in [0.15, 0.2) is 12.7 Å². The molecule has 0 aromatic carbocycles. The lowest BCUT2D eigenvalue weighted by Gasteiger charge is -2.24. The highest BCUT2D eigenvalue weighted by molar-refractivity contribution is 5.85. The molecular formula is C11H19NO4. The first-order chi connectivity index (χ1) is 7.41. The maximum absolute atomic E-state index is 11.7. The van der Waals surface area contributed by atoms with Crippen molar-refractivity contribution in [2.45, 2.75) is 32.4 Å². The van der Waals surface area contributed by atoms with Gasteiger partial charge in [-0.05, 0) is 20.3 Å². The quantitative estimate of drug-likeness (QED) is 0.520. The van der Waals surface area contributed by atoms with Crippen LogP contribution in [0.4, 0.5) is 0 Å². The minimum absolute atomic E-state index is 0.334. The number of rotatable bonds is 7. The zero-order chi connectivity index (χ0) is 12.7. The molecule has 0 aromatic rings. The molecule has 1 amide bonds. The molecule has 0 aliphatic rings. The average Bonchev–Trinajstić information content (AvgIpc) is 2.26. The van der Waals surface area contributed by atoms with Gasteiger partial charge in [0.1, 0.15) is 12.1 Å². The van der Waals surface area contributed by atoms with Crippen LogP contribution in [-0.2, 0) is 14.3 Å². The fourth-order valence-electron chi connectivity index (χ4n) is 1.04. The Bertz CT molecular complexity index is 265. The van der Waals surface area contributed by atoms with Gasteiger partial charge in [0.2, 0.25) is 0 Å². The van der Waals surface area contributed by atoms with Gasteiger partial charge in [-0.2, -0.15) is 0 Å². The number of amides is 1. The molecule has 0 aromatic heterocycles. The lowest BCUT2D eigenvalue weighted by atomic mass is 10.2. The van der Waals surface area contributed by atoms with Gasteiger partial charge in [-0.25, -0.2) is 4.79 Å². The van der Waals surface area contributed by atoms with Crippen molar-refractivity contribution < 1.29 is 19.4 Å². The van der Waals surface area contributed by atoms with Crippen molar-refractivity contribution in [1.29, 1.82) is 0 Å². The first-order valence-electron chi connectivity index (χ1n) is 5.13. The molecule has 16 heavy (non-hydrogen) atoms. The molecule has 0 fully saturated rings. The Kier molecular flexibility index (Phi) is 6.41. The molecule has 2 atom stereocenters. The fourth-order valence-corrected chi connectivity index (χ4v) is 1.04. The third kappa shape index (κ3) is 4.44. The molecule has 0 aliphatic heterocycles. The Morgan fingerprint density at radius 1 is 1.50 bits per heavy atom. The van der Waals surface area contributed by atoms with Gasteiger partial charge in [0.25, 0.3) is 5.91 Å². The normalized spacial score (nSPS) is 13.9. The molecule has 0 spiro atoms. The molecular weight excluding hydrogens is 210 g/mol. The van der Waals surface area contributed by atoms with Crippen molar-refractivity contribution in [3.63, 3.8) is 0 Å². The molecule has 0 saturated heterocycles. The van der Waals surface area contributed by atoms with E-state index in [1.165, 1.54) is 18.9 Å². The maximum atomic E-state index is 11.7. The van der Waals surface area contributed by atoms with Crippen LogP contribution < -0.4 is 0 Å². The van der Waals surface area contributed by atoms with E-state index in [4.69, 9.17) is 9.84 Å². The third-order valence-corrected chi connectivity index (χ3v) is 2.32. The van der Waals surface area contributed by atoms with Crippen LogP contribution in [-0.4, -0.2) is 47.7 Å². The van der Waals surface area contributed by atoms with E-state index in [1.807, 2.05) is 0 Å². The molecule has 1 N–H and O–H groups in total. The Hall–Kier alpha value is -1.36. The topological polar surface area (TPSA) is 66.8 Å². The average molecular weight is 229 g/mol. The molecule has 5 nitrogen and oxygen atoms in total. The summed E-state index contributed by atoms with van der Waals surface area (Å²) in [5.74, 6) is -1.37. The van der Waals surface area contributed by atoms with E-state index >= 15 is 0 Å². The monoisotopic (exact) mass is 229 g/mol. The Balaban J connectivity index is 4.20. The maximum Gasteiger partial charge on any atom is 0.326 e. The predicted molar refractivity (Wildman–Crippen MR) is 60.1 cm³/mol. The molecule has 0 heterocycles. The van der Waals surface area contributed by atoms with Gasteiger partial charge in [0, 0.05) is 7.05 Å². The van der Waals surface area contributed by atoms with Gasteiger partial charge in [-0.3, -0.25) is 4.79 Å². The van der Waals surface area contributed by atoms with Crippen LogP contribution in [0, 0.1) is 0 Å². The minimum Gasteiger partial charge on any atom is -0.480 e. The molecule has 0 rings (SSSR count). The number of carboxylic acid groups (broad SMARTS) is 1. The lowest BCUT2D eigenvalue weighted by Crippen LogP contribution is -2.45. The predicted octanol–water partition coefficient (Wildman–Crippen LogP) is 0.899. The lowest BCUT2D eigenvalue weighted by molar-refractivity contribution is -0.153. The summed E-state index contributed by atoms with van der Waals surface area (Å²) < 4.78 is 5.24. The van der Waals surface area contributed by atoms with E-state index in [1.54, 1.807) is 13.0 Å². The summed E-state index contributed by atoms with van der Waals surface area (Å²) in [6.45, 7) is 7.01. The molecule has 0 saturated carbocycles. The van der Waals surface area contributed by atoms with E-state index < -0.39 is 18.1 Å². The highest BCUT2D eigenvalue weighted by Crippen LogP contribution is 2.03. The van der Waals surface area contributed by atoms with Crippen molar-refractivity contribution in [3.05, 3.63) is 12.7 Å². The van der Waals surface area contributed by atoms with Crippen LogP contribution in [0.2, 0.25) is 0 Å². The largest absolute Gasteiger partial charge is 0.480 e. The summed E-state index contributed by atoms with van der Waals surface area (Å²) in [7, 11) is 1.45. The van der Waals surface area contributed by atoms with Crippen LogP contribution in [0.5, 0.6) is 0 Å². The van der Waals surface area contributed by atoms with Gasteiger partial charge in [-0.15, -0.1) is 6.58 Å². The van der Waals surface area contributed by atoms with E-state index in [0.717, 1.165) is 0 Å². The minimum atomic E-state index is -1.03. The van der Waals surface area contributed by atoms with Gasteiger partial charge >= 0.3 is 5.97 Å². The SMILES string of the molecule is C=CCCOC(C)C(=O)N(C)C(C)C(=O)O. The van der Waals surface area contributed by atoms with Crippen molar-refractivity contribution in [1.82, 2.24) is 4.90 Å². The molecule has 5 heteroatoms. The Labute approximate surface area is 95.7 Å². The van der Waals surface area contributed by atoms with Crippen molar-refractivity contribution >= 4 is 11.9 Å². The second-order valence-electron chi connectivity index (χ2n) is 3.55. The zero-order valence-corrected chi connectivity index (χ0v) is 9.97. The van der Waals surface area contributed by atoms with Gasteiger partial charge in [0.15, 0.2) is 0 Å². The molecule has 2 unspecified atom stereocenters. The number of carboxylic acids is 1. The van der Waals surface area contributed by atoms with E-state index in [0.29, 0.717) is 13.0 Å². The van der Waals surface area contributed by atoms with Crippen LogP contribution in [0.25, 0.3) is 0 Å². The fraction of sp³-hybridized carbons (Fsp3) is 0.636. The smallest absolute Gasteiger partial charge is 0.326 e. The summed E-state index contributed by atoms with van der Waals surface area (Å²) in [6, 6.07) is -0.849. The first-order valence-corrected chi connectivity index (χ1v) is 5.13. The molecule has 92 valence electrons. The number of carbonyl (C=O) groups is 2. The zero-order valence-electron chi connectivity index (χ0n) is 9.97.